The maximum Gasteiger partial charge on any atom is 0.335 e. The van der Waals surface area contributed by atoms with Crippen LogP contribution in [0.4, 0.5) is 0 Å². The van der Waals surface area contributed by atoms with E-state index in [2.05, 4.69) is 45.8 Å². The van der Waals surface area contributed by atoms with E-state index in [1.165, 1.54) is 29.9 Å². The third kappa shape index (κ3) is 4.85. The number of hydrogen-bond acceptors (Lipinski definition) is 5. The molecule has 39 heavy (non-hydrogen) atoms. The number of fused-ring (bicyclic) bond motifs is 5. The Balaban J connectivity index is 1.51. The van der Waals surface area contributed by atoms with Crippen molar-refractivity contribution in [2.45, 2.75) is 63.5 Å². The van der Waals surface area contributed by atoms with E-state index in [0.717, 1.165) is 65.6 Å². The lowest BCUT2D eigenvalue weighted by molar-refractivity contribution is 0.0696. The number of aromatic carboxylic acids is 1. The van der Waals surface area contributed by atoms with Gasteiger partial charge in [0.05, 0.1) is 30.5 Å². The topological polar surface area (TPSA) is 105 Å². The van der Waals surface area contributed by atoms with Crippen LogP contribution in [0.1, 0.15) is 72.3 Å². The number of carboxylic acid groups (broad SMARTS) is 1. The molecule has 2 fully saturated rings. The summed E-state index contributed by atoms with van der Waals surface area (Å²) in [6.45, 7) is 5.41. The van der Waals surface area contributed by atoms with Gasteiger partial charge in [0.15, 0.2) is 5.84 Å². The summed E-state index contributed by atoms with van der Waals surface area (Å²) in [7, 11) is 0. The maximum absolute atomic E-state index is 12.0. The molecule has 8 heteroatoms. The second kappa shape index (κ2) is 10.7. The average Bonchev–Trinajstić information content (AvgIpc) is 3.54. The Kier molecular flexibility index (Phi) is 6.95. The molecule has 1 aliphatic carbocycles. The highest BCUT2D eigenvalue weighted by molar-refractivity contribution is 6.04. The van der Waals surface area contributed by atoms with Crippen LogP contribution in [-0.2, 0) is 11.3 Å². The minimum atomic E-state index is -0.931. The summed E-state index contributed by atoms with van der Waals surface area (Å²) < 4.78 is 8.01. The zero-order chi connectivity index (χ0) is 26.9. The van der Waals surface area contributed by atoms with E-state index in [1.807, 2.05) is 12.1 Å². The molecule has 2 aromatic carbocycles. The molecule has 3 aromatic rings. The Morgan fingerprint density at radius 3 is 2.69 bits per heavy atom. The van der Waals surface area contributed by atoms with Crippen LogP contribution >= 0.6 is 0 Å². The first kappa shape index (κ1) is 25.4. The number of nitrogens with zero attached hydrogens (tertiary/aromatic N) is 4. The fraction of sp³-hybridized carbons (Fsp3) is 0.387. The summed E-state index contributed by atoms with van der Waals surface area (Å²) in [5.74, 6) is -0.140. The SMILES string of the molecule is C=NN(CC1CCCO1)/N=C(\N)C1=Cc2ccccc2-c2c(C3CCCCC3)c3ccc(C(=O)O)cc3n2C1. The summed E-state index contributed by atoms with van der Waals surface area (Å²) in [6.07, 6.45) is 10.1. The molecular formula is C31H35N5O3. The molecule has 3 heterocycles. The summed E-state index contributed by atoms with van der Waals surface area (Å²) in [6, 6.07) is 13.9. The average molecular weight is 526 g/mol. The molecule has 0 radical (unpaired) electrons. The van der Waals surface area contributed by atoms with Crippen molar-refractivity contribution in [3.05, 3.63) is 64.7 Å². The Hall–Kier alpha value is -3.91. The van der Waals surface area contributed by atoms with Crippen molar-refractivity contribution in [1.82, 2.24) is 9.69 Å². The Morgan fingerprint density at radius 1 is 1.13 bits per heavy atom. The first-order valence-corrected chi connectivity index (χ1v) is 13.9. The summed E-state index contributed by atoms with van der Waals surface area (Å²) >= 11 is 0. The number of nitrogens with two attached hydrogens (primary N) is 1. The summed E-state index contributed by atoms with van der Waals surface area (Å²) in [4.78, 5) is 12.0. The minimum Gasteiger partial charge on any atom is -0.478 e. The van der Waals surface area contributed by atoms with Crippen molar-refractivity contribution in [2.24, 2.45) is 15.9 Å². The molecule has 6 rings (SSSR count). The predicted molar refractivity (Wildman–Crippen MR) is 155 cm³/mol. The van der Waals surface area contributed by atoms with Crippen LogP contribution in [0.2, 0.25) is 0 Å². The van der Waals surface area contributed by atoms with E-state index in [0.29, 0.717) is 24.8 Å². The van der Waals surface area contributed by atoms with Crippen LogP contribution in [0.3, 0.4) is 0 Å². The number of carbonyl (C=O) groups is 1. The van der Waals surface area contributed by atoms with Gasteiger partial charge in [0.25, 0.3) is 0 Å². The highest BCUT2D eigenvalue weighted by Crippen LogP contribution is 2.46. The molecule has 1 atom stereocenters. The molecule has 2 aliphatic heterocycles. The van der Waals surface area contributed by atoms with E-state index < -0.39 is 5.97 Å². The first-order valence-electron chi connectivity index (χ1n) is 13.9. The highest BCUT2D eigenvalue weighted by Gasteiger charge is 2.30. The largest absolute Gasteiger partial charge is 0.478 e. The Morgan fingerprint density at radius 2 is 1.95 bits per heavy atom. The monoisotopic (exact) mass is 525 g/mol. The van der Waals surface area contributed by atoms with Crippen molar-refractivity contribution in [1.29, 1.82) is 0 Å². The van der Waals surface area contributed by atoms with Gasteiger partial charge in [-0.1, -0.05) is 49.6 Å². The maximum atomic E-state index is 12.0. The minimum absolute atomic E-state index is 0.0587. The van der Waals surface area contributed by atoms with Gasteiger partial charge < -0.3 is 20.1 Å². The zero-order valence-electron chi connectivity index (χ0n) is 22.2. The third-order valence-corrected chi connectivity index (χ3v) is 8.34. The number of aromatic nitrogens is 1. The molecule has 0 amide bonds. The van der Waals surface area contributed by atoms with Crippen molar-refractivity contribution < 1.29 is 14.6 Å². The molecular weight excluding hydrogens is 490 g/mol. The number of amidine groups is 1. The van der Waals surface area contributed by atoms with Gasteiger partial charge in [0.2, 0.25) is 0 Å². The second-order valence-electron chi connectivity index (χ2n) is 10.8. The van der Waals surface area contributed by atoms with Gasteiger partial charge in [-0.15, -0.1) is 5.10 Å². The molecule has 1 saturated carbocycles. The Bertz CT molecular complexity index is 1470. The first-order chi connectivity index (χ1) is 19.0. The molecule has 3 aliphatic rings. The van der Waals surface area contributed by atoms with E-state index in [4.69, 9.17) is 10.5 Å². The standard InChI is InChI=1S/C31H35N5O3/c1-33-36(19-24-11-7-15-39-24)34-30(32)23-16-21-10-5-6-12-25(21)29-28(20-8-3-2-4-9-20)26-14-13-22(31(37)38)17-27(26)35(29)18-23/h5-6,10,12-14,16-17,20,24H,1-4,7-9,11,15,18-19H2,(H2,32,34)(H,37,38). The highest BCUT2D eigenvalue weighted by atomic mass is 16.5. The number of hydrazone groups is 2. The fourth-order valence-electron chi connectivity index (χ4n) is 6.45. The predicted octanol–water partition coefficient (Wildman–Crippen LogP) is 5.82. The lowest BCUT2D eigenvalue weighted by Gasteiger charge is -2.24. The number of ether oxygens (including phenoxy) is 1. The molecule has 1 unspecified atom stereocenters. The van der Waals surface area contributed by atoms with Gasteiger partial charge in [0, 0.05) is 35.4 Å². The quantitative estimate of drug-likeness (QED) is 0.230. The van der Waals surface area contributed by atoms with Crippen LogP contribution in [-0.4, -0.2) is 52.6 Å². The Labute approximate surface area is 228 Å². The second-order valence-corrected chi connectivity index (χ2v) is 10.8. The van der Waals surface area contributed by atoms with Crippen LogP contribution in [0.25, 0.3) is 28.2 Å². The van der Waals surface area contributed by atoms with Crippen molar-refractivity contribution >= 4 is 35.5 Å². The van der Waals surface area contributed by atoms with E-state index in [1.54, 1.807) is 12.1 Å². The van der Waals surface area contributed by atoms with Crippen molar-refractivity contribution in [2.75, 3.05) is 13.2 Å². The number of hydrogen-bond donors (Lipinski definition) is 2. The molecule has 0 spiro atoms. The number of benzene rings is 2. The summed E-state index contributed by atoms with van der Waals surface area (Å²) in [5.41, 5.74) is 13.4. The smallest absolute Gasteiger partial charge is 0.335 e. The molecule has 202 valence electrons. The van der Waals surface area contributed by atoms with Gasteiger partial charge >= 0.3 is 5.97 Å². The van der Waals surface area contributed by atoms with Crippen LogP contribution < -0.4 is 5.73 Å². The normalized spacial score (nSPS) is 19.7. The van der Waals surface area contributed by atoms with E-state index in [-0.39, 0.29) is 11.7 Å². The number of rotatable bonds is 7. The van der Waals surface area contributed by atoms with Crippen molar-refractivity contribution in [3.8, 4) is 11.3 Å². The molecule has 0 bridgehead atoms. The summed E-state index contributed by atoms with van der Waals surface area (Å²) in [5, 5.41) is 21.2. The fourth-order valence-corrected chi connectivity index (χ4v) is 6.45. The lowest BCUT2D eigenvalue weighted by Crippen LogP contribution is -2.28. The molecule has 1 saturated heterocycles. The lowest BCUT2D eigenvalue weighted by atomic mass is 9.81. The van der Waals surface area contributed by atoms with Gasteiger partial charge in [-0.25, -0.2) is 4.79 Å². The van der Waals surface area contributed by atoms with Gasteiger partial charge in [-0.2, -0.15) is 10.2 Å². The molecule has 8 nitrogen and oxygen atoms in total. The third-order valence-electron chi connectivity index (χ3n) is 8.34. The van der Waals surface area contributed by atoms with Crippen molar-refractivity contribution in [3.63, 3.8) is 0 Å². The molecule has 1 aromatic heterocycles. The van der Waals surface area contributed by atoms with Gasteiger partial charge in [-0.05, 0) is 60.9 Å². The van der Waals surface area contributed by atoms with Gasteiger partial charge in [0.1, 0.15) is 0 Å². The number of carboxylic acids is 1. The van der Waals surface area contributed by atoms with Crippen LogP contribution in [0, 0.1) is 0 Å². The zero-order valence-corrected chi connectivity index (χ0v) is 22.2. The van der Waals surface area contributed by atoms with Gasteiger partial charge in [-0.3, -0.25) is 0 Å². The van der Waals surface area contributed by atoms with Crippen LogP contribution in [0.15, 0.2) is 58.2 Å². The molecule has 3 N–H and O–H groups in total. The van der Waals surface area contributed by atoms with E-state index in [9.17, 15) is 9.90 Å². The van der Waals surface area contributed by atoms with E-state index >= 15 is 0 Å². The van der Waals surface area contributed by atoms with Crippen LogP contribution in [0.5, 0.6) is 0 Å².